The molecule has 1 aliphatic rings. The Morgan fingerprint density at radius 3 is 2.61 bits per heavy atom. The maximum atomic E-state index is 13.5. The van der Waals surface area contributed by atoms with Crippen LogP contribution in [0.5, 0.6) is 5.75 Å². The highest BCUT2D eigenvalue weighted by Gasteiger charge is 2.31. The van der Waals surface area contributed by atoms with Crippen molar-refractivity contribution in [2.75, 3.05) is 5.32 Å². The maximum absolute atomic E-state index is 13.5. The summed E-state index contributed by atoms with van der Waals surface area (Å²) in [5.41, 5.74) is 2.87. The Kier molecular flexibility index (Phi) is 6.43. The fourth-order valence-electron chi connectivity index (χ4n) is 3.92. The lowest BCUT2D eigenvalue weighted by atomic mass is 10.1. The molecule has 3 aromatic carbocycles. The summed E-state index contributed by atoms with van der Waals surface area (Å²) in [6.07, 6.45) is 1.87. The Bertz CT molecular complexity index is 1470. The first-order chi connectivity index (χ1) is 17.4. The van der Waals surface area contributed by atoms with Crippen LogP contribution < -0.4 is 10.6 Å². The van der Waals surface area contributed by atoms with E-state index in [1.54, 1.807) is 54.6 Å². The van der Waals surface area contributed by atoms with Crippen molar-refractivity contribution in [1.29, 1.82) is 0 Å². The van der Waals surface area contributed by atoms with Crippen LogP contribution >= 0.6 is 11.6 Å². The number of carbonyl (C=O) groups excluding carboxylic acids is 2. The maximum Gasteiger partial charge on any atom is 0.342 e. The van der Waals surface area contributed by atoms with Crippen molar-refractivity contribution in [2.45, 2.75) is 25.3 Å². The van der Waals surface area contributed by atoms with Crippen LogP contribution in [0.3, 0.4) is 0 Å². The Morgan fingerprint density at radius 1 is 1.06 bits per heavy atom. The van der Waals surface area contributed by atoms with Gasteiger partial charge >= 0.3 is 6.03 Å². The number of nitrogens with zero attached hydrogens (tertiary/aromatic N) is 2. The Morgan fingerprint density at radius 2 is 1.86 bits per heavy atom. The number of hydrogen-bond acceptors (Lipinski definition) is 4. The summed E-state index contributed by atoms with van der Waals surface area (Å²) >= 11 is 6.13. The molecule has 36 heavy (non-hydrogen) atoms. The summed E-state index contributed by atoms with van der Waals surface area (Å²) in [7, 11) is 0. The van der Waals surface area contributed by atoms with Gasteiger partial charge in [-0.25, -0.2) is 9.18 Å². The number of anilines is 1. The first-order valence-electron chi connectivity index (χ1n) is 11.4. The van der Waals surface area contributed by atoms with Gasteiger partial charge in [-0.15, -0.1) is 0 Å². The van der Waals surface area contributed by atoms with Crippen molar-refractivity contribution < 1.29 is 19.1 Å². The summed E-state index contributed by atoms with van der Waals surface area (Å²) in [6.45, 7) is 0.144. The zero-order valence-corrected chi connectivity index (χ0v) is 19.8. The summed E-state index contributed by atoms with van der Waals surface area (Å²) in [5.74, 6) is -0.619. The molecular weight excluding hydrogens is 483 g/mol. The third-order valence-electron chi connectivity index (χ3n) is 5.91. The van der Waals surface area contributed by atoms with E-state index in [-0.39, 0.29) is 24.0 Å². The number of aromatic nitrogens is 2. The topological polar surface area (TPSA) is 96.2 Å². The molecule has 0 bridgehead atoms. The van der Waals surface area contributed by atoms with Gasteiger partial charge in [-0.05, 0) is 66.9 Å². The molecule has 1 saturated carbocycles. The van der Waals surface area contributed by atoms with Crippen LogP contribution in [0.2, 0.25) is 5.02 Å². The smallest absolute Gasteiger partial charge is 0.342 e. The van der Waals surface area contributed by atoms with Gasteiger partial charge < -0.3 is 15.7 Å². The first kappa shape index (κ1) is 23.6. The van der Waals surface area contributed by atoms with Gasteiger partial charge in [-0.1, -0.05) is 35.9 Å². The molecule has 0 spiro atoms. The molecule has 182 valence electrons. The number of nitrogens with one attached hydrogen (secondary N) is 2. The van der Waals surface area contributed by atoms with Crippen LogP contribution in [0.15, 0.2) is 72.8 Å². The van der Waals surface area contributed by atoms with Crippen molar-refractivity contribution in [3.63, 3.8) is 0 Å². The van der Waals surface area contributed by atoms with Gasteiger partial charge in [0.25, 0.3) is 5.91 Å². The highest BCUT2D eigenvalue weighted by Crippen LogP contribution is 2.42. The number of halogens is 2. The molecule has 1 heterocycles. The third kappa shape index (κ3) is 5.08. The van der Waals surface area contributed by atoms with E-state index in [2.05, 4.69) is 15.7 Å². The molecular formula is C27H22ClFN4O3. The molecule has 1 aliphatic carbocycles. The second-order valence-electron chi connectivity index (χ2n) is 8.60. The van der Waals surface area contributed by atoms with Gasteiger partial charge in [0.1, 0.15) is 11.6 Å². The quantitative estimate of drug-likeness (QED) is 0.283. The monoisotopic (exact) mass is 504 g/mol. The molecule has 4 aromatic rings. The number of phenolic OH excluding ortho intramolecular Hbond substituents is 1. The van der Waals surface area contributed by atoms with Gasteiger partial charge in [0.15, 0.2) is 0 Å². The molecule has 9 heteroatoms. The van der Waals surface area contributed by atoms with Crippen molar-refractivity contribution >= 4 is 29.2 Å². The summed E-state index contributed by atoms with van der Waals surface area (Å²) < 4.78 is 14.8. The summed E-state index contributed by atoms with van der Waals surface area (Å²) in [4.78, 5) is 25.6. The minimum Gasteiger partial charge on any atom is -0.507 e. The fraction of sp³-hybridized carbons (Fsp3) is 0.148. The molecule has 2 amide bonds. The number of aromatic hydroxyl groups is 1. The summed E-state index contributed by atoms with van der Waals surface area (Å²) in [5, 5.41) is 20.9. The number of hydrogen-bond donors (Lipinski definition) is 3. The zero-order valence-electron chi connectivity index (χ0n) is 19.0. The SMILES string of the molecule is O=C(Nc1ccc(O)c(-c2cc(C3CC3)n(C(=O)NCc3cccc(F)c3)n2)c1)c1ccccc1Cl. The second kappa shape index (κ2) is 9.83. The lowest BCUT2D eigenvalue weighted by molar-refractivity contribution is 0.102. The zero-order chi connectivity index (χ0) is 25.2. The molecule has 0 saturated heterocycles. The Hall–Kier alpha value is -4.17. The molecule has 1 fully saturated rings. The standard InChI is InChI=1S/C27H22ClFN4O3/c28-22-7-2-1-6-20(22)26(35)31-19-10-11-25(34)21(13-19)23-14-24(17-8-9-17)33(32-23)27(36)30-15-16-4-3-5-18(29)12-16/h1-7,10-14,17,34H,8-9,15H2,(H,30,36)(H,31,35). The van der Waals surface area contributed by atoms with E-state index < -0.39 is 11.9 Å². The van der Waals surface area contributed by atoms with Crippen molar-refractivity contribution in [3.8, 4) is 17.0 Å². The lowest BCUT2D eigenvalue weighted by Gasteiger charge is -2.09. The Balaban J connectivity index is 1.39. The van der Waals surface area contributed by atoms with Gasteiger partial charge in [0.05, 0.1) is 22.0 Å². The van der Waals surface area contributed by atoms with Gasteiger partial charge in [-0.3, -0.25) is 4.79 Å². The summed E-state index contributed by atoms with van der Waals surface area (Å²) in [6, 6.07) is 18.6. The van der Waals surface area contributed by atoms with E-state index >= 15 is 0 Å². The number of benzene rings is 3. The predicted octanol–water partition coefficient (Wildman–Crippen LogP) is 5.94. The minimum absolute atomic E-state index is 0.0436. The first-order valence-corrected chi connectivity index (χ1v) is 11.8. The molecule has 7 nitrogen and oxygen atoms in total. The van der Waals surface area contributed by atoms with Crippen LogP contribution in [-0.2, 0) is 6.54 Å². The molecule has 1 aromatic heterocycles. The normalized spacial score (nSPS) is 12.8. The average Bonchev–Trinajstić information content (AvgIpc) is 3.62. The van der Waals surface area contributed by atoms with Crippen LogP contribution in [0.25, 0.3) is 11.3 Å². The molecule has 3 N–H and O–H groups in total. The number of rotatable bonds is 6. The lowest BCUT2D eigenvalue weighted by Crippen LogP contribution is -2.30. The van der Waals surface area contributed by atoms with Gasteiger partial charge in [0.2, 0.25) is 0 Å². The van der Waals surface area contributed by atoms with E-state index in [1.807, 2.05) is 0 Å². The van der Waals surface area contributed by atoms with Crippen molar-refractivity contribution in [3.05, 3.63) is 100 Å². The van der Waals surface area contributed by atoms with Gasteiger partial charge in [0, 0.05) is 23.7 Å². The largest absolute Gasteiger partial charge is 0.507 e. The highest BCUT2D eigenvalue weighted by atomic mass is 35.5. The predicted molar refractivity (Wildman–Crippen MR) is 135 cm³/mol. The minimum atomic E-state index is -0.449. The van der Waals surface area contributed by atoms with Crippen LogP contribution in [0, 0.1) is 5.82 Å². The van der Waals surface area contributed by atoms with Crippen molar-refractivity contribution in [2.24, 2.45) is 0 Å². The number of amides is 2. The van der Waals surface area contributed by atoms with Crippen LogP contribution in [0.1, 0.15) is 40.4 Å². The second-order valence-corrected chi connectivity index (χ2v) is 9.00. The van der Waals surface area contributed by atoms with Crippen molar-refractivity contribution in [1.82, 2.24) is 15.1 Å². The molecule has 0 aliphatic heterocycles. The van der Waals surface area contributed by atoms with E-state index in [9.17, 15) is 19.1 Å². The average molecular weight is 505 g/mol. The number of phenols is 1. The van der Waals surface area contributed by atoms with E-state index in [1.165, 1.54) is 22.9 Å². The van der Waals surface area contributed by atoms with Gasteiger partial charge in [-0.2, -0.15) is 9.78 Å². The van der Waals surface area contributed by atoms with E-state index in [4.69, 9.17) is 11.6 Å². The molecule has 0 atom stereocenters. The van der Waals surface area contributed by atoms with E-state index in [0.717, 1.165) is 18.5 Å². The third-order valence-corrected chi connectivity index (χ3v) is 6.24. The fourth-order valence-corrected chi connectivity index (χ4v) is 4.14. The van der Waals surface area contributed by atoms with E-state index in [0.29, 0.717) is 33.1 Å². The van der Waals surface area contributed by atoms with Crippen LogP contribution in [-0.4, -0.2) is 26.8 Å². The highest BCUT2D eigenvalue weighted by molar-refractivity contribution is 6.34. The van der Waals surface area contributed by atoms with Crippen LogP contribution in [0.4, 0.5) is 14.9 Å². The number of carbonyl (C=O) groups is 2. The molecule has 0 radical (unpaired) electrons. The Labute approximate surface area is 211 Å². The molecule has 0 unspecified atom stereocenters. The molecule has 5 rings (SSSR count).